The number of nitrogens with zero attached hydrogens (tertiary/aromatic N) is 3. The van der Waals surface area contributed by atoms with E-state index in [1.807, 2.05) is 7.05 Å². The van der Waals surface area contributed by atoms with E-state index in [-0.39, 0.29) is 5.91 Å². The van der Waals surface area contributed by atoms with Gasteiger partial charge in [-0.15, -0.1) is 0 Å². The van der Waals surface area contributed by atoms with Crippen molar-refractivity contribution in [2.24, 2.45) is 0 Å². The van der Waals surface area contributed by atoms with Crippen LogP contribution in [-0.2, 0) is 4.79 Å². The van der Waals surface area contributed by atoms with Crippen molar-refractivity contribution in [3.05, 3.63) is 10.1 Å². The van der Waals surface area contributed by atoms with Crippen molar-refractivity contribution in [3.8, 4) is 0 Å². The molecule has 1 rings (SSSR count). The minimum Gasteiger partial charge on any atom is -0.334 e. The lowest BCUT2D eigenvalue weighted by Gasteiger charge is -2.31. The fraction of sp³-hybridized carbons (Fsp3) is 0.857. The van der Waals surface area contributed by atoms with Gasteiger partial charge in [0.15, 0.2) is 0 Å². The van der Waals surface area contributed by atoms with Gasteiger partial charge in [-0.05, 0) is 7.05 Å². The van der Waals surface area contributed by atoms with Crippen molar-refractivity contribution >= 4 is 5.91 Å². The van der Waals surface area contributed by atoms with E-state index in [4.69, 9.17) is 0 Å². The summed E-state index contributed by atoms with van der Waals surface area (Å²) in [6.45, 7) is 2.21. The minimum atomic E-state index is -0.583. The Morgan fingerprint density at radius 2 is 1.92 bits per heavy atom. The molecule has 1 fully saturated rings. The fourth-order valence-corrected chi connectivity index (χ4v) is 1.27. The highest BCUT2D eigenvalue weighted by Crippen LogP contribution is 1.99. The molecule has 0 aliphatic carbocycles. The van der Waals surface area contributed by atoms with Crippen LogP contribution in [0.2, 0.25) is 0 Å². The second-order valence-corrected chi connectivity index (χ2v) is 3.17. The molecule has 0 N–H and O–H groups in total. The van der Waals surface area contributed by atoms with E-state index in [2.05, 4.69) is 4.90 Å². The second-order valence-electron chi connectivity index (χ2n) is 3.17. The average Bonchev–Trinajstić information content (AvgIpc) is 2.04. The molecular weight excluding hydrogens is 174 g/mol. The Hall–Kier alpha value is -1.17. The number of nitro groups is 1. The van der Waals surface area contributed by atoms with Crippen molar-refractivity contribution in [2.45, 2.75) is 0 Å². The van der Waals surface area contributed by atoms with E-state index >= 15 is 0 Å². The molecule has 1 amide bonds. The van der Waals surface area contributed by atoms with Crippen LogP contribution in [0, 0.1) is 10.1 Å². The summed E-state index contributed by atoms with van der Waals surface area (Å²) in [5.74, 6) is -0.377. The first-order chi connectivity index (χ1) is 6.09. The maximum absolute atomic E-state index is 11.2. The average molecular weight is 187 g/mol. The molecule has 6 nitrogen and oxygen atoms in total. The summed E-state index contributed by atoms with van der Waals surface area (Å²) >= 11 is 0. The number of likely N-dealkylation sites (N-methyl/N-ethyl adjacent to an activating group) is 1. The predicted molar refractivity (Wildman–Crippen MR) is 45.9 cm³/mol. The molecule has 0 aromatic rings. The van der Waals surface area contributed by atoms with E-state index in [9.17, 15) is 14.9 Å². The molecule has 0 saturated carbocycles. The van der Waals surface area contributed by atoms with Gasteiger partial charge in [-0.25, -0.2) is 0 Å². The van der Waals surface area contributed by atoms with Crippen molar-refractivity contribution < 1.29 is 9.72 Å². The predicted octanol–water partition coefficient (Wildman–Crippen LogP) is -0.963. The Morgan fingerprint density at radius 3 is 2.38 bits per heavy atom. The number of carbonyl (C=O) groups excluding carboxylic acids is 1. The number of carbonyl (C=O) groups is 1. The largest absolute Gasteiger partial charge is 0.334 e. The van der Waals surface area contributed by atoms with Gasteiger partial charge < -0.3 is 9.80 Å². The molecule has 1 saturated heterocycles. The van der Waals surface area contributed by atoms with Gasteiger partial charge in [-0.3, -0.25) is 14.9 Å². The number of rotatable bonds is 2. The van der Waals surface area contributed by atoms with E-state index in [1.165, 1.54) is 0 Å². The maximum Gasteiger partial charge on any atom is 0.294 e. The quantitative estimate of drug-likeness (QED) is 0.412. The third-order valence-corrected chi connectivity index (χ3v) is 2.12. The first-order valence-corrected chi connectivity index (χ1v) is 4.17. The Balaban J connectivity index is 2.36. The Morgan fingerprint density at radius 1 is 1.38 bits per heavy atom. The molecule has 1 aliphatic heterocycles. The third-order valence-electron chi connectivity index (χ3n) is 2.12. The standard InChI is InChI=1S/C7H13N3O3/c1-8-2-4-9(5-3-8)7(11)6-10(12)13/h2-6H2,1H3. The van der Waals surface area contributed by atoms with E-state index in [0.29, 0.717) is 13.1 Å². The first-order valence-electron chi connectivity index (χ1n) is 4.17. The summed E-state index contributed by atoms with van der Waals surface area (Å²) in [6, 6.07) is 0. The molecule has 13 heavy (non-hydrogen) atoms. The summed E-state index contributed by atoms with van der Waals surface area (Å²) in [5.41, 5.74) is 0. The monoisotopic (exact) mass is 187 g/mol. The van der Waals surface area contributed by atoms with Crippen LogP contribution in [0.3, 0.4) is 0 Å². The van der Waals surface area contributed by atoms with Crippen molar-refractivity contribution in [1.29, 1.82) is 0 Å². The van der Waals surface area contributed by atoms with Crippen LogP contribution in [0.4, 0.5) is 0 Å². The van der Waals surface area contributed by atoms with Crippen molar-refractivity contribution in [3.63, 3.8) is 0 Å². The van der Waals surface area contributed by atoms with Crippen LogP contribution in [0.1, 0.15) is 0 Å². The number of piperazine rings is 1. The summed E-state index contributed by atoms with van der Waals surface area (Å²) < 4.78 is 0. The summed E-state index contributed by atoms with van der Waals surface area (Å²) in [6.07, 6.45) is 0. The van der Waals surface area contributed by atoms with Gasteiger partial charge >= 0.3 is 0 Å². The van der Waals surface area contributed by atoms with E-state index < -0.39 is 11.5 Å². The lowest BCUT2D eigenvalue weighted by atomic mass is 10.3. The van der Waals surface area contributed by atoms with Gasteiger partial charge in [-0.2, -0.15) is 0 Å². The summed E-state index contributed by atoms with van der Waals surface area (Å²) in [5, 5.41) is 10.1. The lowest BCUT2D eigenvalue weighted by molar-refractivity contribution is -0.468. The van der Waals surface area contributed by atoms with Crippen LogP contribution in [-0.4, -0.2) is 60.4 Å². The molecule has 0 radical (unpaired) electrons. The number of amides is 1. The maximum atomic E-state index is 11.2. The minimum absolute atomic E-state index is 0.377. The molecular formula is C7H13N3O3. The lowest BCUT2D eigenvalue weighted by Crippen LogP contribution is -2.48. The Labute approximate surface area is 76.3 Å². The zero-order valence-electron chi connectivity index (χ0n) is 7.60. The number of hydrogen-bond acceptors (Lipinski definition) is 4. The van der Waals surface area contributed by atoms with Crippen LogP contribution in [0.25, 0.3) is 0 Å². The van der Waals surface area contributed by atoms with Gasteiger partial charge in [0, 0.05) is 31.1 Å². The van der Waals surface area contributed by atoms with Crippen LogP contribution in [0.15, 0.2) is 0 Å². The molecule has 0 spiro atoms. The van der Waals surface area contributed by atoms with E-state index in [0.717, 1.165) is 13.1 Å². The summed E-state index contributed by atoms with van der Waals surface area (Å²) in [4.78, 5) is 24.3. The van der Waals surface area contributed by atoms with E-state index in [1.54, 1.807) is 4.90 Å². The Kier molecular flexibility index (Phi) is 3.18. The molecule has 0 unspecified atom stereocenters. The van der Waals surface area contributed by atoms with Crippen LogP contribution in [0.5, 0.6) is 0 Å². The highest BCUT2D eigenvalue weighted by atomic mass is 16.6. The molecule has 6 heteroatoms. The van der Waals surface area contributed by atoms with Crippen molar-refractivity contribution in [1.82, 2.24) is 9.80 Å². The normalized spacial score (nSPS) is 18.7. The van der Waals surface area contributed by atoms with Crippen LogP contribution >= 0.6 is 0 Å². The molecule has 1 aliphatic rings. The molecule has 0 aromatic carbocycles. The molecule has 74 valence electrons. The third kappa shape index (κ3) is 2.98. The summed E-state index contributed by atoms with van der Waals surface area (Å²) in [7, 11) is 1.97. The zero-order valence-corrected chi connectivity index (χ0v) is 7.60. The number of hydrogen-bond donors (Lipinski definition) is 0. The molecule has 0 aromatic heterocycles. The zero-order chi connectivity index (χ0) is 9.84. The molecule has 0 atom stereocenters. The Bertz CT molecular complexity index is 211. The van der Waals surface area contributed by atoms with Crippen molar-refractivity contribution in [2.75, 3.05) is 39.8 Å². The fourth-order valence-electron chi connectivity index (χ4n) is 1.27. The smallest absolute Gasteiger partial charge is 0.294 e. The van der Waals surface area contributed by atoms with Gasteiger partial charge in [-0.1, -0.05) is 0 Å². The second kappa shape index (κ2) is 4.18. The first kappa shape index (κ1) is 9.91. The SMILES string of the molecule is CN1CCN(C(=O)C[N+](=O)[O-])CC1. The highest BCUT2D eigenvalue weighted by Gasteiger charge is 2.22. The molecule has 1 heterocycles. The van der Waals surface area contributed by atoms with Crippen LogP contribution < -0.4 is 0 Å². The van der Waals surface area contributed by atoms with Gasteiger partial charge in [0.05, 0.1) is 0 Å². The topological polar surface area (TPSA) is 66.7 Å². The highest BCUT2D eigenvalue weighted by molar-refractivity contribution is 5.77. The van der Waals surface area contributed by atoms with Gasteiger partial charge in [0.25, 0.3) is 12.5 Å². The van der Waals surface area contributed by atoms with Gasteiger partial charge in [0.2, 0.25) is 0 Å². The van der Waals surface area contributed by atoms with Gasteiger partial charge in [0.1, 0.15) is 0 Å². The molecule has 0 bridgehead atoms.